The van der Waals surface area contributed by atoms with Crippen LogP contribution in [0, 0.1) is 11.6 Å². The Labute approximate surface area is 138 Å². The fourth-order valence-electron chi connectivity index (χ4n) is 2.94. The number of carbonyl (C=O) groups is 1. The normalized spacial score (nSPS) is 15.1. The summed E-state index contributed by atoms with van der Waals surface area (Å²) < 4.78 is 26.5. The first kappa shape index (κ1) is 16.1. The molecule has 1 aromatic carbocycles. The van der Waals surface area contributed by atoms with E-state index in [4.69, 9.17) is 0 Å². The van der Waals surface area contributed by atoms with Crippen molar-refractivity contribution in [3.8, 4) is 0 Å². The van der Waals surface area contributed by atoms with Crippen LogP contribution in [0.25, 0.3) is 0 Å². The SMILES string of the molecule is CC(c1ccc(F)c(F)c1)N(C)C(=O)c1cc2c(s1)CCCC2. The molecule has 1 unspecified atom stereocenters. The minimum absolute atomic E-state index is 0.0679. The molecule has 2 nitrogen and oxygen atoms in total. The summed E-state index contributed by atoms with van der Waals surface area (Å²) in [5, 5.41) is 0. The van der Waals surface area contributed by atoms with Crippen molar-refractivity contribution in [3.63, 3.8) is 0 Å². The molecule has 1 aliphatic rings. The van der Waals surface area contributed by atoms with Crippen LogP contribution in [-0.4, -0.2) is 17.9 Å². The Kier molecular flexibility index (Phi) is 4.48. The van der Waals surface area contributed by atoms with Crippen molar-refractivity contribution in [2.45, 2.75) is 38.6 Å². The van der Waals surface area contributed by atoms with Crippen LogP contribution in [0.5, 0.6) is 0 Å². The highest BCUT2D eigenvalue weighted by Crippen LogP contribution is 2.31. The fourth-order valence-corrected chi connectivity index (χ4v) is 4.18. The molecule has 0 radical (unpaired) electrons. The van der Waals surface area contributed by atoms with Gasteiger partial charge in [-0.2, -0.15) is 0 Å². The molecule has 2 aromatic rings. The molecule has 23 heavy (non-hydrogen) atoms. The van der Waals surface area contributed by atoms with Crippen LogP contribution in [-0.2, 0) is 12.8 Å². The highest BCUT2D eigenvalue weighted by molar-refractivity contribution is 7.14. The van der Waals surface area contributed by atoms with Gasteiger partial charge >= 0.3 is 0 Å². The summed E-state index contributed by atoms with van der Waals surface area (Å²) in [6.45, 7) is 1.82. The fraction of sp³-hybridized carbons (Fsp3) is 0.389. The second kappa shape index (κ2) is 6.40. The second-order valence-electron chi connectivity index (χ2n) is 6.03. The zero-order valence-corrected chi connectivity index (χ0v) is 14.1. The van der Waals surface area contributed by atoms with Crippen LogP contribution in [0.1, 0.15) is 51.5 Å². The third-order valence-corrected chi connectivity index (χ3v) is 5.76. The van der Waals surface area contributed by atoms with E-state index in [0.29, 0.717) is 5.56 Å². The van der Waals surface area contributed by atoms with E-state index >= 15 is 0 Å². The van der Waals surface area contributed by atoms with Gasteiger partial charge in [0.25, 0.3) is 5.91 Å². The van der Waals surface area contributed by atoms with Crippen LogP contribution in [0.15, 0.2) is 24.3 Å². The predicted octanol–water partition coefficient (Wildman–Crippen LogP) is 4.74. The molecule has 3 rings (SSSR count). The summed E-state index contributed by atoms with van der Waals surface area (Å²) in [7, 11) is 1.70. The van der Waals surface area contributed by atoms with Crippen LogP contribution < -0.4 is 0 Å². The molecule has 0 spiro atoms. The maximum absolute atomic E-state index is 13.4. The summed E-state index contributed by atoms with van der Waals surface area (Å²) in [5.41, 5.74) is 1.87. The maximum Gasteiger partial charge on any atom is 0.264 e. The molecule has 1 atom stereocenters. The smallest absolute Gasteiger partial charge is 0.264 e. The number of fused-ring (bicyclic) bond motifs is 1. The average Bonchev–Trinajstić information content (AvgIpc) is 2.99. The zero-order chi connectivity index (χ0) is 16.6. The van der Waals surface area contributed by atoms with Crippen molar-refractivity contribution < 1.29 is 13.6 Å². The van der Waals surface area contributed by atoms with Gasteiger partial charge in [-0.05, 0) is 61.9 Å². The number of benzene rings is 1. The number of nitrogens with zero attached hydrogens (tertiary/aromatic N) is 1. The molecule has 1 aliphatic carbocycles. The maximum atomic E-state index is 13.4. The quantitative estimate of drug-likeness (QED) is 0.793. The molecule has 0 aliphatic heterocycles. The lowest BCUT2D eigenvalue weighted by Crippen LogP contribution is -2.29. The van der Waals surface area contributed by atoms with Crippen molar-refractivity contribution in [2.75, 3.05) is 7.05 Å². The number of halogens is 2. The number of amides is 1. The third-order valence-electron chi connectivity index (χ3n) is 4.53. The zero-order valence-electron chi connectivity index (χ0n) is 13.2. The molecule has 0 fully saturated rings. The van der Waals surface area contributed by atoms with E-state index in [-0.39, 0.29) is 11.9 Å². The molecule has 0 saturated carbocycles. The molecule has 1 aromatic heterocycles. The molecule has 0 saturated heterocycles. The lowest BCUT2D eigenvalue weighted by Gasteiger charge is -2.25. The van der Waals surface area contributed by atoms with Gasteiger partial charge in [0.05, 0.1) is 10.9 Å². The molecule has 1 heterocycles. The average molecular weight is 335 g/mol. The van der Waals surface area contributed by atoms with Crippen molar-refractivity contribution in [1.82, 2.24) is 4.90 Å². The summed E-state index contributed by atoms with van der Waals surface area (Å²) in [5.74, 6) is -1.83. The van der Waals surface area contributed by atoms with Gasteiger partial charge in [0.2, 0.25) is 0 Å². The van der Waals surface area contributed by atoms with Crippen molar-refractivity contribution in [1.29, 1.82) is 0 Å². The number of thiophene rings is 1. The minimum atomic E-state index is -0.887. The van der Waals surface area contributed by atoms with Crippen molar-refractivity contribution >= 4 is 17.2 Å². The van der Waals surface area contributed by atoms with E-state index in [9.17, 15) is 13.6 Å². The largest absolute Gasteiger partial charge is 0.334 e. The molecular formula is C18H19F2NOS. The van der Waals surface area contributed by atoms with Gasteiger partial charge < -0.3 is 4.90 Å². The molecule has 0 N–H and O–H groups in total. The molecule has 122 valence electrons. The number of aryl methyl sites for hydroxylation is 2. The Morgan fingerprint density at radius 3 is 2.61 bits per heavy atom. The van der Waals surface area contributed by atoms with Gasteiger partial charge in [0, 0.05) is 11.9 Å². The highest BCUT2D eigenvalue weighted by Gasteiger charge is 2.23. The van der Waals surface area contributed by atoms with Gasteiger partial charge in [-0.1, -0.05) is 6.07 Å². The number of carbonyl (C=O) groups excluding carboxylic acids is 1. The Morgan fingerprint density at radius 2 is 1.91 bits per heavy atom. The first-order chi connectivity index (χ1) is 11.0. The summed E-state index contributed by atoms with van der Waals surface area (Å²) in [4.78, 5) is 16.3. The van der Waals surface area contributed by atoms with Crippen LogP contribution in [0.2, 0.25) is 0 Å². The highest BCUT2D eigenvalue weighted by atomic mass is 32.1. The molecule has 1 amide bonds. The van der Waals surface area contributed by atoms with Gasteiger partial charge in [-0.3, -0.25) is 4.79 Å². The summed E-state index contributed by atoms with van der Waals surface area (Å²) >= 11 is 1.56. The monoisotopic (exact) mass is 335 g/mol. The Morgan fingerprint density at radius 1 is 1.17 bits per heavy atom. The van der Waals surface area contributed by atoms with Crippen LogP contribution >= 0.6 is 11.3 Å². The van der Waals surface area contributed by atoms with E-state index < -0.39 is 11.6 Å². The van der Waals surface area contributed by atoms with Crippen LogP contribution in [0.4, 0.5) is 8.78 Å². The molecule has 0 bridgehead atoms. The van der Waals surface area contributed by atoms with Gasteiger partial charge in [0.1, 0.15) is 0 Å². The van der Waals surface area contributed by atoms with E-state index in [2.05, 4.69) is 0 Å². The lowest BCUT2D eigenvalue weighted by molar-refractivity contribution is 0.0747. The van der Waals surface area contributed by atoms with Crippen LogP contribution in [0.3, 0.4) is 0 Å². The number of rotatable bonds is 3. The van der Waals surface area contributed by atoms with Gasteiger partial charge in [0.15, 0.2) is 11.6 Å². The standard InChI is InChI=1S/C18H19F2NOS/c1-11(12-7-8-14(19)15(20)9-12)21(2)18(22)17-10-13-5-3-4-6-16(13)23-17/h7-11H,3-6H2,1-2H3. The van der Waals surface area contributed by atoms with Crippen molar-refractivity contribution in [3.05, 3.63) is 56.8 Å². The van der Waals surface area contributed by atoms with E-state index in [1.54, 1.807) is 23.3 Å². The third kappa shape index (κ3) is 3.15. The Bertz CT molecular complexity index is 717. The van der Waals surface area contributed by atoms with Gasteiger partial charge in [-0.25, -0.2) is 8.78 Å². The lowest BCUT2D eigenvalue weighted by atomic mass is 9.99. The van der Waals surface area contributed by atoms with Crippen molar-refractivity contribution in [2.24, 2.45) is 0 Å². The first-order valence-corrected chi connectivity index (χ1v) is 8.62. The Balaban J connectivity index is 1.80. The minimum Gasteiger partial charge on any atom is -0.334 e. The Hall–Kier alpha value is -1.75. The summed E-state index contributed by atoms with van der Waals surface area (Å²) in [6, 6.07) is 5.45. The predicted molar refractivity (Wildman–Crippen MR) is 87.8 cm³/mol. The topological polar surface area (TPSA) is 20.3 Å². The number of hydrogen-bond donors (Lipinski definition) is 0. The summed E-state index contributed by atoms with van der Waals surface area (Å²) in [6.07, 6.45) is 4.46. The van der Waals surface area contributed by atoms with E-state index in [0.717, 1.165) is 29.9 Å². The molecule has 5 heteroatoms. The van der Waals surface area contributed by atoms with Gasteiger partial charge in [-0.15, -0.1) is 11.3 Å². The van der Waals surface area contributed by atoms with E-state index in [1.165, 1.54) is 29.3 Å². The number of hydrogen-bond acceptors (Lipinski definition) is 2. The second-order valence-corrected chi connectivity index (χ2v) is 7.17. The first-order valence-electron chi connectivity index (χ1n) is 7.81. The van der Waals surface area contributed by atoms with E-state index in [1.807, 2.05) is 13.0 Å². The molecular weight excluding hydrogens is 316 g/mol.